The molecular weight excluding hydrogens is 251 g/mol. The van der Waals surface area contributed by atoms with Gasteiger partial charge in [-0.25, -0.2) is 0 Å². The van der Waals surface area contributed by atoms with Gasteiger partial charge in [0.25, 0.3) is 0 Å². The number of benzene rings is 1. The van der Waals surface area contributed by atoms with Crippen LogP contribution in [0.4, 0.5) is 13.2 Å². The summed E-state index contributed by atoms with van der Waals surface area (Å²) in [7, 11) is 0. The molecule has 0 radical (unpaired) electrons. The average molecular weight is 273 g/mol. The van der Waals surface area contributed by atoms with Crippen LogP contribution in [-0.4, -0.2) is 6.18 Å². The van der Waals surface area contributed by atoms with Crippen molar-refractivity contribution in [2.24, 2.45) is 5.73 Å². The molecule has 0 aliphatic carbocycles. The molecule has 2 N–H and O–H groups in total. The lowest BCUT2D eigenvalue weighted by Crippen LogP contribution is -2.19. The van der Waals surface area contributed by atoms with Gasteiger partial charge in [-0.3, -0.25) is 0 Å². The molecule has 19 heavy (non-hydrogen) atoms. The number of rotatable bonds is 3. The maximum absolute atomic E-state index is 12.3. The maximum atomic E-state index is 12.3. The summed E-state index contributed by atoms with van der Waals surface area (Å²) >= 11 is 0. The van der Waals surface area contributed by atoms with Gasteiger partial charge in [-0.05, 0) is 74.4 Å². The molecule has 0 saturated carbocycles. The Bertz CT molecular complexity index is 446. The van der Waals surface area contributed by atoms with E-state index in [4.69, 9.17) is 5.73 Å². The highest BCUT2D eigenvalue weighted by Gasteiger charge is 2.29. The molecule has 0 aromatic heterocycles. The molecule has 1 unspecified atom stereocenters. The summed E-state index contributed by atoms with van der Waals surface area (Å²) in [6.45, 7) is 9.92. The first-order valence-corrected chi connectivity index (χ1v) is 6.45. The fraction of sp³-hybridized carbons (Fsp3) is 0.600. The Labute approximate surface area is 113 Å². The lowest BCUT2D eigenvalue weighted by Gasteiger charge is -2.23. The number of hydrogen-bond donors (Lipinski definition) is 1. The van der Waals surface area contributed by atoms with Gasteiger partial charge in [0.2, 0.25) is 0 Å². The zero-order valence-corrected chi connectivity index (χ0v) is 12.2. The normalized spacial score (nSPS) is 13.7. The highest BCUT2D eigenvalue weighted by atomic mass is 19.4. The van der Waals surface area contributed by atoms with E-state index in [1.165, 1.54) is 5.56 Å². The zero-order chi connectivity index (χ0) is 15.0. The predicted octanol–water partition coefficient (Wildman–Crippen LogP) is 4.57. The van der Waals surface area contributed by atoms with E-state index in [-0.39, 0.29) is 6.42 Å². The van der Waals surface area contributed by atoms with Crippen LogP contribution >= 0.6 is 0 Å². The fourth-order valence-corrected chi connectivity index (χ4v) is 2.55. The van der Waals surface area contributed by atoms with E-state index in [9.17, 15) is 13.2 Å². The summed E-state index contributed by atoms with van der Waals surface area (Å²) in [5.74, 6) is 0. The van der Waals surface area contributed by atoms with Crippen molar-refractivity contribution in [2.45, 2.75) is 59.7 Å². The van der Waals surface area contributed by atoms with Crippen molar-refractivity contribution in [3.8, 4) is 0 Å². The van der Waals surface area contributed by atoms with E-state index in [0.717, 1.165) is 27.8 Å². The van der Waals surface area contributed by atoms with Crippen molar-refractivity contribution in [2.75, 3.05) is 0 Å². The second-order valence-corrected chi connectivity index (χ2v) is 5.30. The summed E-state index contributed by atoms with van der Waals surface area (Å²) in [6.07, 6.45) is -5.04. The lowest BCUT2D eigenvalue weighted by atomic mass is 9.85. The number of hydrogen-bond acceptors (Lipinski definition) is 1. The smallest absolute Gasteiger partial charge is 0.324 e. The van der Waals surface area contributed by atoms with Crippen LogP contribution in [0.15, 0.2) is 0 Å². The Hall–Kier alpha value is -1.03. The quantitative estimate of drug-likeness (QED) is 0.857. The first-order valence-electron chi connectivity index (χ1n) is 6.45. The average Bonchev–Trinajstić information content (AvgIpc) is 2.31. The molecule has 0 spiro atoms. The third-order valence-electron chi connectivity index (χ3n) is 4.17. The molecule has 0 bridgehead atoms. The molecular formula is C15H22F3N. The van der Waals surface area contributed by atoms with E-state index >= 15 is 0 Å². The SMILES string of the molecule is Cc1c(C)c(C)c(C(N)CCC(F)(F)F)c(C)c1C. The van der Waals surface area contributed by atoms with Gasteiger partial charge in [0.1, 0.15) is 0 Å². The Kier molecular flexibility index (Phi) is 4.67. The third kappa shape index (κ3) is 3.50. The van der Waals surface area contributed by atoms with Gasteiger partial charge in [-0.2, -0.15) is 13.2 Å². The van der Waals surface area contributed by atoms with E-state index in [1.54, 1.807) is 0 Å². The Morgan fingerprint density at radius 2 is 1.21 bits per heavy atom. The largest absolute Gasteiger partial charge is 0.389 e. The molecule has 0 heterocycles. The molecule has 1 rings (SSSR count). The van der Waals surface area contributed by atoms with Crippen LogP contribution in [0.1, 0.15) is 52.3 Å². The Morgan fingerprint density at radius 1 is 0.842 bits per heavy atom. The second kappa shape index (κ2) is 5.53. The number of alkyl halides is 3. The van der Waals surface area contributed by atoms with Gasteiger partial charge in [0.15, 0.2) is 0 Å². The monoisotopic (exact) mass is 273 g/mol. The van der Waals surface area contributed by atoms with Crippen molar-refractivity contribution >= 4 is 0 Å². The zero-order valence-electron chi connectivity index (χ0n) is 12.2. The lowest BCUT2D eigenvalue weighted by molar-refractivity contribution is -0.136. The number of halogens is 3. The van der Waals surface area contributed by atoms with Crippen molar-refractivity contribution in [1.29, 1.82) is 0 Å². The van der Waals surface area contributed by atoms with Crippen molar-refractivity contribution in [3.05, 3.63) is 33.4 Å². The molecule has 0 amide bonds. The van der Waals surface area contributed by atoms with E-state index in [1.807, 2.05) is 34.6 Å². The maximum Gasteiger partial charge on any atom is 0.389 e. The highest BCUT2D eigenvalue weighted by molar-refractivity contribution is 5.50. The van der Waals surface area contributed by atoms with E-state index in [0.29, 0.717) is 0 Å². The minimum absolute atomic E-state index is 0.0624. The molecule has 1 nitrogen and oxygen atoms in total. The summed E-state index contributed by atoms with van der Waals surface area (Å²) < 4.78 is 36.9. The van der Waals surface area contributed by atoms with E-state index < -0.39 is 18.6 Å². The van der Waals surface area contributed by atoms with Crippen molar-refractivity contribution in [1.82, 2.24) is 0 Å². The molecule has 0 saturated heterocycles. The standard InChI is InChI=1S/C15H22F3N/c1-8-9(2)11(4)14(12(5)10(8)3)13(19)6-7-15(16,17)18/h13H,6-7,19H2,1-5H3. The Balaban J connectivity index is 3.14. The van der Waals surface area contributed by atoms with E-state index in [2.05, 4.69) is 0 Å². The van der Waals surface area contributed by atoms with Gasteiger partial charge in [-0.15, -0.1) is 0 Å². The molecule has 0 fully saturated rings. The summed E-state index contributed by atoms with van der Waals surface area (Å²) in [4.78, 5) is 0. The van der Waals surface area contributed by atoms with Gasteiger partial charge in [0.05, 0.1) is 0 Å². The van der Waals surface area contributed by atoms with Crippen LogP contribution in [0, 0.1) is 34.6 Å². The van der Waals surface area contributed by atoms with Crippen LogP contribution in [0.5, 0.6) is 0 Å². The summed E-state index contributed by atoms with van der Waals surface area (Å²) in [5.41, 5.74) is 12.4. The fourth-order valence-electron chi connectivity index (χ4n) is 2.55. The molecule has 1 aromatic carbocycles. The second-order valence-electron chi connectivity index (χ2n) is 5.30. The van der Waals surface area contributed by atoms with Crippen LogP contribution in [0.25, 0.3) is 0 Å². The van der Waals surface area contributed by atoms with Crippen LogP contribution in [0.2, 0.25) is 0 Å². The van der Waals surface area contributed by atoms with Crippen molar-refractivity contribution in [3.63, 3.8) is 0 Å². The molecule has 108 valence electrons. The van der Waals surface area contributed by atoms with Crippen LogP contribution < -0.4 is 5.73 Å². The minimum atomic E-state index is -4.14. The number of nitrogens with two attached hydrogens (primary N) is 1. The molecule has 1 aromatic rings. The van der Waals surface area contributed by atoms with Gasteiger partial charge >= 0.3 is 6.18 Å². The molecule has 4 heteroatoms. The molecule has 0 aliphatic rings. The van der Waals surface area contributed by atoms with Crippen molar-refractivity contribution < 1.29 is 13.2 Å². The summed E-state index contributed by atoms with van der Waals surface area (Å²) in [5, 5.41) is 0. The Morgan fingerprint density at radius 3 is 1.58 bits per heavy atom. The summed E-state index contributed by atoms with van der Waals surface area (Å²) in [6, 6.07) is -0.556. The van der Waals surface area contributed by atoms with Gasteiger partial charge in [-0.1, -0.05) is 0 Å². The van der Waals surface area contributed by atoms with Crippen LogP contribution in [0.3, 0.4) is 0 Å². The predicted molar refractivity (Wildman–Crippen MR) is 72.3 cm³/mol. The topological polar surface area (TPSA) is 26.0 Å². The minimum Gasteiger partial charge on any atom is -0.324 e. The first kappa shape index (κ1) is 16.0. The third-order valence-corrected chi connectivity index (χ3v) is 4.17. The molecule has 1 atom stereocenters. The molecule has 0 aliphatic heterocycles. The highest BCUT2D eigenvalue weighted by Crippen LogP contribution is 2.33. The van der Waals surface area contributed by atoms with Gasteiger partial charge in [0, 0.05) is 12.5 Å². The van der Waals surface area contributed by atoms with Gasteiger partial charge < -0.3 is 5.73 Å². The van der Waals surface area contributed by atoms with Crippen LogP contribution in [-0.2, 0) is 0 Å². The first-order chi connectivity index (χ1) is 8.56.